The Morgan fingerprint density at radius 2 is 1.95 bits per heavy atom. The number of hydrogen-bond donors (Lipinski definition) is 1. The van der Waals surface area contributed by atoms with E-state index in [0.29, 0.717) is 17.7 Å². The van der Waals surface area contributed by atoms with Gasteiger partial charge in [0.1, 0.15) is 5.75 Å². The van der Waals surface area contributed by atoms with Crippen molar-refractivity contribution in [3.05, 3.63) is 52.2 Å². The molecule has 0 saturated heterocycles. The van der Waals surface area contributed by atoms with Crippen LogP contribution in [0.3, 0.4) is 0 Å². The summed E-state index contributed by atoms with van der Waals surface area (Å²) in [6, 6.07) is 10.8. The van der Waals surface area contributed by atoms with E-state index in [4.69, 9.17) is 4.74 Å². The highest BCUT2D eigenvalue weighted by Crippen LogP contribution is 2.18. The second-order valence-corrected chi connectivity index (χ2v) is 5.87. The molecule has 1 aromatic heterocycles. The molecule has 0 spiro atoms. The van der Waals surface area contributed by atoms with Crippen molar-refractivity contribution < 1.29 is 14.3 Å². The second-order valence-electron chi connectivity index (χ2n) is 4.89. The Kier molecular flexibility index (Phi) is 5.72. The number of hydrogen-bond acceptors (Lipinski definition) is 4. The second kappa shape index (κ2) is 7.75. The fourth-order valence-corrected chi connectivity index (χ4v) is 2.72. The maximum Gasteiger partial charge on any atom is 0.258 e. The average molecular weight is 317 g/mol. The monoisotopic (exact) mass is 317 g/mol. The molecule has 1 aromatic carbocycles. The van der Waals surface area contributed by atoms with E-state index >= 15 is 0 Å². The fourth-order valence-electron chi connectivity index (χ4n) is 1.98. The molecule has 0 saturated carbocycles. The molecule has 1 atom stereocenters. The summed E-state index contributed by atoms with van der Waals surface area (Å²) < 4.78 is 5.43. The van der Waals surface area contributed by atoms with Crippen LogP contribution in [0.1, 0.15) is 41.5 Å². The van der Waals surface area contributed by atoms with Crippen LogP contribution in [0.2, 0.25) is 0 Å². The average Bonchev–Trinajstić information content (AvgIpc) is 3.07. The smallest absolute Gasteiger partial charge is 0.258 e. The van der Waals surface area contributed by atoms with E-state index in [1.807, 2.05) is 31.4 Å². The van der Waals surface area contributed by atoms with E-state index in [0.717, 1.165) is 4.88 Å². The Morgan fingerprint density at radius 3 is 2.55 bits per heavy atom. The quantitative estimate of drug-likeness (QED) is 0.794. The van der Waals surface area contributed by atoms with Crippen LogP contribution in [0.25, 0.3) is 0 Å². The normalized spacial score (nSPS) is 11.7. The lowest BCUT2D eigenvalue weighted by Gasteiger charge is -2.13. The Bertz CT molecular complexity index is 620. The van der Waals surface area contributed by atoms with E-state index in [9.17, 15) is 9.59 Å². The number of nitrogens with one attached hydrogen (secondary N) is 1. The predicted octanol–water partition coefficient (Wildman–Crippen LogP) is 3.60. The highest BCUT2D eigenvalue weighted by atomic mass is 32.1. The van der Waals surface area contributed by atoms with Crippen LogP contribution in [0.4, 0.5) is 0 Å². The molecule has 1 amide bonds. The molecular weight excluding hydrogens is 298 g/mol. The van der Waals surface area contributed by atoms with Gasteiger partial charge in [0.2, 0.25) is 0 Å². The molecule has 22 heavy (non-hydrogen) atoms. The summed E-state index contributed by atoms with van der Waals surface area (Å²) in [6.07, 6.45) is 0.475. The molecule has 0 aliphatic heterocycles. The van der Waals surface area contributed by atoms with Gasteiger partial charge in [0.15, 0.2) is 12.4 Å². The molecule has 0 aliphatic carbocycles. The summed E-state index contributed by atoms with van der Waals surface area (Å²) in [5.41, 5.74) is 0.658. The van der Waals surface area contributed by atoms with Gasteiger partial charge in [0.05, 0.1) is 6.04 Å². The first-order valence-corrected chi connectivity index (χ1v) is 8.07. The van der Waals surface area contributed by atoms with Crippen LogP contribution in [-0.4, -0.2) is 18.3 Å². The van der Waals surface area contributed by atoms with Crippen LogP contribution in [-0.2, 0) is 4.79 Å². The Hall–Kier alpha value is -2.14. The molecule has 116 valence electrons. The molecule has 0 bridgehead atoms. The molecule has 4 nitrogen and oxygen atoms in total. The van der Waals surface area contributed by atoms with Crippen molar-refractivity contribution >= 4 is 23.0 Å². The van der Waals surface area contributed by atoms with Crippen LogP contribution >= 0.6 is 11.3 Å². The first kappa shape index (κ1) is 16.2. The minimum absolute atomic E-state index is 0.0272. The SMILES string of the molecule is CCC(=O)c1ccc(OCC(=O)N[C@@H](C)c2cccs2)cc1. The van der Waals surface area contributed by atoms with Crippen LogP contribution in [0.15, 0.2) is 41.8 Å². The summed E-state index contributed by atoms with van der Waals surface area (Å²) in [5, 5.41) is 4.86. The summed E-state index contributed by atoms with van der Waals surface area (Å²) in [4.78, 5) is 24.5. The molecule has 0 radical (unpaired) electrons. The van der Waals surface area contributed by atoms with Crippen LogP contribution in [0.5, 0.6) is 5.75 Å². The zero-order chi connectivity index (χ0) is 15.9. The number of benzene rings is 1. The van der Waals surface area contributed by atoms with Gasteiger partial charge in [0, 0.05) is 16.9 Å². The van der Waals surface area contributed by atoms with Gasteiger partial charge < -0.3 is 10.1 Å². The van der Waals surface area contributed by atoms with E-state index in [1.165, 1.54) is 0 Å². The summed E-state index contributed by atoms with van der Waals surface area (Å²) in [5.74, 6) is 0.496. The van der Waals surface area contributed by atoms with E-state index in [2.05, 4.69) is 5.32 Å². The van der Waals surface area contributed by atoms with Gasteiger partial charge in [-0.2, -0.15) is 0 Å². The first-order chi connectivity index (χ1) is 10.6. The minimum atomic E-state index is -0.172. The van der Waals surface area contributed by atoms with Crippen molar-refractivity contribution in [1.82, 2.24) is 5.32 Å². The van der Waals surface area contributed by atoms with Gasteiger partial charge in [-0.25, -0.2) is 0 Å². The van der Waals surface area contributed by atoms with Crippen molar-refractivity contribution in [2.75, 3.05) is 6.61 Å². The van der Waals surface area contributed by atoms with Crippen molar-refractivity contribution in [3.63, 3.8) is 0 Å². The number of ketones is 1. The van der Waals surface area contributed by atoms with Crippen LogP contribution < -0.4 is 10.1 Å². The largest absolute Gasteiger partial charge is 0.484 e. The lowest BCUT2D eigenvalue weighted by atomic mass is 10.1. The van der Waals surface area contributed by atoms with Crippen LogP contribution in [0, 0.1) is 0 Å². The van der Waals surface area contributed by atoms with Gasteiger partial charge in [0.25, 0.3) is 5.91 Å². The summed E-state index contributed by atoms with van der Waals surface area (Å²) in [7, 11) is 0. The van der Waals surface area contributed by atoms with Crippen molar-refractivity contribution in [1.29, 1.82) is 0 Å². The number of rotatable bonds is 7. The third-order valence-corrected chi connectivity index (χ3v) is 4.27. The van der Waals surface area contributed by atoms with E-state index in [-0.39, 0.29) is 24.3 Å². The molecule has 0 fully saturated rings. The summed E-state index contributed by atoms with van der Waals surface area (Å²) in [6.45, 7) is 3.72. The fraction of sp³-hybridized carbons (Fsp3) is 0.294. The number of thiophene rings is 1. The molecular formula is C17H19NO3S. The van der Waals surface area contributed by atoms with Gasteiger partial charge in [-0.3, -0.25) is 9.59 Å². The zero-order valence-electron chi connectivity index (χ0n) is 12.7. The number of carbonyl (C=O) groups excluding carboxylic acids is 2. The Morgan fingerprint density at radius 1 is 1.23 bits per heavy atom. The molecule has 1 heterocycles. The van der Waals surface area contributed by atoms with Crippen molar-refractivity contribution in [3.8, 4) is 5.75 Å². The van der Waals surface area contributed by atoms with Gasteiger partial charge in [-0.15, -0.1) is 11.3 Å². The van der Waals surface area contributed by atoms with E-state index in [1.54, 1.807) is 35.6 Å². The van der Waals surface area contributed by atoms with Crippen molar-refractivity contribution in [2.45, 2.75) is 26.3 Å². The number of ether oxygens (including phenoxy) is 1. The number of Topliss-reactive ketones (excluding diaryl/α,β-unsaturated/α-hetero) is 1. The highest BCUT2D eigenvalue weighted by Gasteiger charge is 2.11. The predicted molar refractivity (Wildman–Crippen MR) is 87.4 cm³/mol. The topological polar surface area (TPSA) is 55.4 Å². The Balaban J connectivity index is 1.82. The zero-order valence-corrected chi connectivity index (χ0v) is 13.5. The van der Waals surface area contributed by atoms with Gasteiger partial charge in [-0.1, -0.05) is 13.0 Å². The third kappa shape index (κ3) is 4.43. The lowest BCUT2D eigenvalue weighted by molar-refractivity contribution is -0.123. The first-order valence-electron chi connectivity index (χ1n) is 7.19. The van der Waals surface area contributed by atoms with Gasteiger partial charge in [-0.05, 0) is 42.6 Å². The molecule has 0 unspecified atom stereocenters. The summed E-state index contributed by atoms with van der Waals surface area (Å²) >= 11 is 1.61. The maximum atomic E-state index is 11.9. The highest BCUT2D eigenvalue weighted by molar-refractivity contribution is 7.10. The van der Waals surface area contributed by atoms with E-state index < -0.39 is 0 Å². The Labute approximate surface area is 134 Å². The lowest BCUT2D eigenvalue weighted by Crippen LogP contribution is -2.30. The molecule has 5 heteroatoms. The van der Waals surface area contributed by atoms with Gasteiger partial charge >= 0.3 is 0 Å². The molecule has 2 rings (SSSR count). The number of carbonyl (C=O) groups is 2. The molecule has 2 aromatic rings. The maximum absolute atomic E-state index is 11.9. The standard InChI is InChI=1S/C17H19NO3S/c1-3-15(19)13-6-8-14(9-7-13)21-11-17(20)18-12(2)16-5-4-10-22-16/h4-10,12H,3,11H2,1-2H3,(H,18,20)/t12-/m0/s1. The molecule has 0 aliphatic rings. The van der Waals surface area contributed by atoms with Crippen molar-refractivity contribution in [2.24, 2.45) is 0 Å². The minimum Gasteiger partial charge on any atom is -0.484 e. The number of amides is 1. The third-order valence-electron chi connectivity index (χ3n) is 3.21. The molecule has 1 N–H and O–H groups in total.